The summed E-state index contributed by atoms with van der Waals surface area (Å²) in [6.07, 6.45) is -0.0180. The van der Waals surface area contributed by atoms with Crippen molar-refractivity contribution in [2.24, 2.45) is 0 Å². The molecule has 1 aromatic heterocycles. The van der Waals surface area contributed by atoms with Crippen LogP contribution in [0, 0.1) is 0 Å². The van der Waals surface area contributed by atoms with Crippen LogP contribution in [0.2, 0.25) is 0 Å². The Kier molecular flexibility index (Phi) is 4.44. The van der Waals surface area contributed by atoms with Crippen molar-refractivity contribution in [3.05, 3.63) is 53.6 Å². The summed E-state index contributed by atoms with van der Waals surface area (Å²) in [5.41, 5.74) is 0.183. The molecule has 2 N–H and O–H groups in total. The number of alkyl halides is 3. The van der Waals surface area contributed by atoms with Crippen LogP contribution in [0.3, 0.4) is 0 Å². The second-order valence-electron chi connectivity index (χ2n) is 4.51. The van der Waals surface area contributed by atoms with E-state index >= 15 is 0 Å². The van der Waals surface area contributed by atoms with Gasteiger partial charge >= 0.3 is 6.18 Å². The maximum Gasteiger partial charge on any atom is 0.416 e. The molecule has 0 amide bonds. The van der Waals surface area contributed by atoms with E-state index in [-0.39, 0.29) is 6.04 Å². The van der Waals surface area contributed by atoms with Gasteiger partial charge in [0, 0.05) is 18.9 Å². The number of benzene rings is 1. The molecule has 0 spiro atoms. The summed E-state index contributed by atoms with van der Waals surface area (Å²) in [5, 5.41) is 3.27. The lowest BCUT2D eigenvalue weighted by Gasteiger charge is -2.15. The summed E-state index contributed by atoms with van der Waals surface area (Å²) >= 11 is 0. The van der Waals surface area contributed by atoms with Gasteiger partial charge < -0.3 is 10.3 Å². The van der Waals surface area contributed by atoms with Crippen molar-refractivity contribution in [3.63, 3.8) is 0 Å². The van der Waals surface area contributed by atoms with E-state index in [2.05, 4.69) is 15.3 Å². The molecule has 2 rings (SSSR count). The Morgan fingerprint density at radius 3 is 2.45 bits per heavy atom. The van der Waals surface area contributed by atoms with Crippen molar-refractivity contribution in [2.75, 3.05) is 0 Å². The van der Waals surface area contributed by atoms with E-state index in [0.717, 1.165) is 29.9 Å². The molecule has 0 fully saturated rings. The van der Waals surface area contributed by atoms with Gasteiger partial charge in [-0.25, -0.2) is 4.98 Å². The van der Waals surface area contributed by atoms with Crippen LogP contribution in [0.4, 0.5) is 13.2 Å². The number of aromatic nitrogens is 2. The number of nitrogens with zero attached hydrogens (tertiary/aromatic N) is 1. The van der Waals surface area contributed by atoms with E-state index in [9.17, 15) is 13.2 Å². The fraction of sp³-hybridized carbons (Fsp3) is 0.357. The normalized spacial score (nSPS) is 13.4. The second-order valence-corrected chi connectivity index (χ2v) is 4.51. The molecule has 108 valence electrons. The molecule has 0 saturated carbocycles. The van der Waals surface area contributed by atoms with Gasteiger partial charge in [-0.2, -0.15) is 13.2 Å². The van der Waals surface area contributed by atoms with Crippen LogP contribution in [0.5, 0.6) is 0 Å². The molecule has 2 aromatic rings. The first-order valence-electron chi connectivity index (χ1n) is 6.39. The highest BCUT2D eigenvalue weighted by atomic mass is 19.4. The predicted octanol–water partition coefficient (Wildman–Crippen LogP) is 3.67. The van der Waals surface area contributed by atoms with Crippen LogP contribution < -0.4 is 5.32 Å². The first-order chi connectivity index (χ1) is 9.50. The van der Waals surface area contributed by atoms with E-state index in [1.165, 1.54) is 12.1 Å². The molecule has 0 aliphatic rings. The van der Waals surface area contributed by atoms with E-state index < -0.39 is 11.7 Å². The summed E-state index contributed by atoms with van der Waals surface area (Å²) in [5.74, 6) is 0.833. The number of hydrogen-bond donors (Lipinski definition) is 2. The minimum Gasteiger partial charge on any atom is -0.347 e. The minimum atomic E-state index is -4.29. The highest BCUT2D eigenvalue weighted by molar-refractivity contribution is 5.24. The molecular weight excluding hydrogens is 267 g/mol. The Morgan fingerprint density at radius 2 is 1.95 bits per heavy atom. The molecule has 20 heavy (non-hydrogen) atoms. The fourth-order valence-electron chi connectivity index (χ4n) is 1.96. The number of hydrogen-bond acceptors (Lipinski definition) is 2. The van der Waals surface area contributed by atoms with Crippen LogP contribution in [0.15, 0.2) is 36.7 Å². The number of nitrogens with one attached hydrogen (secondary N) is 2. The molecule has 1 aromatic carbocycles. The van der Waals surface area contributed by atoms with Crippen molar-refractivity contribution in [3.8, 4) is 0 Å². The molecule has 6 heteroatoms. The smallest absolute Gasteiger partial charge is 0.347 e. The zero-order chi connectivity index (χ0) is 14.6. The zero-order valence-corrected chi connectivity index (χ0v) is 11.0. The van der Waals surface area contributed by atoms with Gasteiger partial charge in [0.15, 0.2) is 0 Å². The van der Waals surface area contributed by atoms with Gasteiger partial charge in [-0.05, 0) is 24.1 Å². The van der Waals surface area contributed by atoms with Gasteiger partial charge in [0.2, 0.25) is 0 Å². The number of aromatic amines is 1. The largest absolute Gasteiger partial charge is 0.416 e. The van der Waals surface area contributed by atoms with Gasteiger partial charge in [0.05, 0.1) is 11.6 Å². The average Bonchev–Trinajstić information content (AvgIpc) is 2.93. The van der Waals surface area contributed by atoms with E-state index in [1.54, 1.807) is 12.4 Å². The van der Waals surface area contributed by atoms with Crippen molar-refractivity contribution in [1.82, 2.24) is 15.3 Å². The van der Waals surface area contributed by atoms with Crippen molar-refractivity contribution in [1.29, 1.82) is 0 Å². The molecule has 1 unspecified atom stereocenters. The zero-order valence-electron chi connectivity index (χ0n) is 11.0. The molecule has 1 heterocycles. The lowest BCUT2D eigenvalue weighted by atomic mass is 10.1. The Bertz CT molecular complexity index is 518. The minimum absolute atomic E-state index is 0.0623. The van der Waals surface area contributed by atoms with Gasteiger partial charge in [0.25, 0.3) is 0 Å². The number of halogens is 3. The maximum atomic E-state index is 12.4. The third kappa shape index (κ3) is 3.60. The van der Waals surface area contributed by atoms with Gasteiger partial charge in [-0.15, -0.1) is 0 Å². The third-order valence-corrected chi connectivity index (χ3v) is 3.09. The number of H-pyrrole nitrogens is 1. The lowest BCUT2D eigenvalue weighted by molar-refractivity contribution is -0.137. The summed E-state index contributed by atoms with van der Waals surface area (Å²) in [4.78, 5) is 7.21. The molecule has 0 aliphatic heterocycles. The van der Waals surface area contributed by atoms with Crippen molar-refractivity contribution < 1.29 is 13.2 Å². The Labute approximate surface area is 115 Å². The molecular formula is C14H16F3N3. The Balaban J connectivity index is 1.97. The third-order valence-electron chi connectivity index (χ3n) is 3.09. The van der Waals surface area contributed by atoms with E-state index in [1.807, 2.05) is 6.92 Å². The van der Waals surface area contributed by atoms with Crippen LogP contribution >= 0.6 is 0 Å². The topological polar surface area (TPSA) is 40.7 Å². The van der Waals surface area contributed by atoms with Crippen LogP contribution in [-0.2, 0) is 12.7 Å². The quantitative estimate of drug-likeness (QED) is 0.879. The monoisotopic (exact) mass is 283 g/mol. The van der Waals surface area contributed by atoms with Gasteiger partial charge in [-0.1, -0.05) is 19.1 Å². The van der Waals surface area contributed by atoms with Crippen LogP contribution in [0.1, 0.15) is 36.3 Å². The van der Waals surface area contributed by atoms with Gasteiger partial charge in [0.1, 0.15) is 5.82 Å². The molecule has 0 radical (unpaired) electrons. The molecule has 0 bridgehead atoms. The molecule has 0 saturated heterocycles. The first-order valence-corrected chi connectivity index (χ1v) is 6.39. The summed E-state index contributed by atoms with van der Waals surface area (Å²) in [6.45, 7) is 2.52. The summed E-state index contributed by atoms with van der Waals surface area (Å²) in [7, 11) is 0. The number of imidazole rings is 1. The van der Waals surface area contributed by atoms with Crippen molar-refractivity contribution >= 4 is 0 Å². The van der Waals surface area contributed by atoms with E-state index in [0.29, 0.717) is 6.54 Å². The SMILES string of the molecule is CCC(NCc1ccc(C(F)(F)F)cc1)c1ncc[nH]1. The molecule has 3 nitrogen and oxygen atoms in total. The molecule has 0 aliphatic carbocycles. The summed E-state index contributed by atoms with van der Waals surface area (Å²) in [6, 6.07) is 5.25. The highest BCUT2D eigenvalue weighted by Crippen LogP contribution is 2.29. The first kappa shape index (κ1) is 14.6. The Morgan fingerprint density at radius 1 is 1.25 bits per heavy atom. The Hall–Kier alpha value is -1.82. The van der Waals surface area contributed by atoms with Crippen LogP contribution in [0.25, 0.3) is 0 Å². The standard InChI is InChI=1S/C14H16F3N3/c1-2-12(13-18-7-8-19-13)20-9-10-3-5-11(6-4-10)14(15,16)17/h3-8,12,20H,2,9H2,1H3,(H,18,19). The molecule has 1 atom stereocenters. The highest BCUT2D eigenvalue weighted by Gasteiger charge is 2.29. The van der Waals surface area contributed by atoms with Crippen molar-refractivity contribution in [2.45, 2.75) is 32.1 Å². The fourth-order valence-corrected chi connectivity index (χ4v) is 1.96. The maximum absolute atomic E-state index is 12.4. The summed E-state index contributed by atoms with van der Waals surface area (Å²) < 4.78 is 37.3. The lowest BCUT2D eigenvalue weighted by Crippen LogP contribution is -2.21. The number of rotatable bonds is 5. The second kappa shape index (κ2) is 6.09. The van der Waals surface area contributed by atoms with Crippen LogP contribution in [-0.4, -0.2) is 9.97 Å². The predicted molar refractivity (Wildman–Crippen MR) is 69.9 cm³/mol. The van der Waals surface area contributed by atoms with Gasteiger partial charge in [-0.3, -0.25) is 0 Å². The van der Waals surface area contributed by atoms with E-state index in [4.69, 9.17) is 0 Å². The average molecular weight is 283 g/mol.